The van der Waals surface area contributed by atoms with Crippen LogP contribution in [0.25, 0.3) is 0 Å². The number of aliphatic hydroxyl groups is 1. The first-order valence-corrected chi connectivity index (χ1v) is 7.28. The Balaban J connectivity index is 2.30. The van der Waals surface area contributed by atoms with Gasteiger partial charge in [0.1, 0.15) is 5.82 Å². The molecule has 0 aliphatic carbocycles. The molecule has 106 valence electrons. The molecule has 3 nitrogen and oxygen atoms in total. The van der Waals surface area contributed by atoms with Gasteiger partial charge in [-0.25, -0.2) is 4.98 Å². The number of hydrogen-bond acceptors (Lipinski definition) is 3. The third-order valence-corrected chi connectivity index (χ3v) is 3.89. The number of piperidine rings is 1. The van der Waals surface area contributed by atoms with Crippen molar-refractivity contribution in [3.05, 3.63) is 23.4 Å². The maximum atomic E-state index is 9.42. The smallest absolute Gasteiger partial charge is 0.129 e. The van der Waals surface area contributed by atoms with Crippen molar-refractivity contribution in [1.29, 1.82) is 0 Å². The third kappa shape index (κ3) is 3.47. The molecular weight excluding hydrogens is 236 g/mol. The van der Waals surface area contributed by atoms with Crippen molar-refractivity contribution in [2.45, 2.75) is 53.1 Å². The quantitative estimate of drug-likeness (QED) is 0.907. The summed E-state index contributed by atoms with van der Waals surface area (Å²) in [6.07, 6.45) is 2.50. The second-order valence-corrected chi connectivity index (χ2v) is 6.76. The van der Waals surface area contributed by atoms with Gasteiger partial charge in [-0.05, 0) is 41.9 Å². The van der Waals surface area contributed by atoms with Crippen molar-refractivity contribution in [2.75, 3.05) is 18.0 Å². The Labute approximate surface area is 116 Å². The summed E-state index contributed by atoms with van der Waals surface area (Å²) in [7, 11) is 0. The van der Waals surface area contributed by atoms with Gasteiger partial charge in [-0.1, -0.05) is 27.7 Å². The van der Waals surface area contributed by atoms with Crippen LogP contribution in [0.2, 0.25) is 0 Å². The predicted octanol–water partition coefficient (Wildman–Crippen LogP) is 3.32. The van der Waals surface area contributed by atoms with E-state index in [2.05, 4.69) is 32.6 Å². The lowest BCUT2D eigenvalue weighted by atomic mass is 9.84. The standard InChI is InChI=1S/C16H26N2O/c1-12(2)14-8-13(10-19)9-15(17-14)18-7-5-6-16(3,4)11-18/h8-9,12,19H,5-7,10-11H2,1-4H3. The highest BCUT2D eigenvalue weighted by molar-refractivity contribution is 5.44. The van der Waals surface area contributed by atoms with Crippen LogP contribution in [0.5, 0.6) is 0 Å². The SMILES string of the molecule is CC(C)c1cc(CO)cc(N2CCCC(C)(C)C2)n1. The lowest BCUT2D eigenvalue weighted by molar-refractivity contribution is 0.280. The van der Waals surface area contributed by atoms with E-state index in [0.29, 0.717) is 11.3 Å². The second kappa shape index (κ2) is 5.49. The number of aliphatic hydroxyl groups excluding tert-OH is 1. The molecule has 1 aromatic heterocycles. The molecule has 1 aromatic rings. The van der Waals surface area contributed by atoms with E-state index < -0.39 is 0 Å². The van der Waals surface area contributed by atoms with Gasteiger partial charge in [-0.15, -0.1) is 0 Å². The first kappa shape index (κ1) is 14.3. The Hall–Kier alpha value is -1.09. The van der Waals surface area contributed by atoms with Crippen LogP contribution < -0.4 is 4.90 Å². The van der Waals surface area contributed by atoms with E-state index in [1.807, 2.05) is 12.1 Å². The van der Waals surface area contributed by atoms with Crippen LogP contribution in [-0.4, -0.2) is 23.2 Å². The second-order valence-electron chi connectivity index (χ2n) is 6.76. The molecule has 1 saturated heterocycles. The van der Waals surface area contributed by atoms with Gasteiger partial charge in [-0.2, -0.15) is 0 Å². The minimum absolute atomic E-state index is 0.0898. The van der Waals surface area contributed by atoms with Crippen molar-refractivity contribution in [3.63, 3.8) is 0 Å². The monoisotopic (exact) mass is 262 g/mol. The lowest BCUT2D eigenvalue weighted by Crippen LogP contribution is -2.40. The molecule has 1 aliphatic heterocycles. The van der Waals surface area contributed by atoms with Crippen LogP contribution in [0.4, 0.5) is 5.82 Å². The topological polar surface area (TPSA) is 36.4 Å². The van der Waals surface area contributed by atoms with Crippen molar-refractivity contribution in [1.82, 2.24) is 4.98 Å². The highest BCUT2D eigenvalue weighted by Crippen LogP contribution is 2.31. The van der Waals surface area contributed by atoms with E-state index in [1.54, 1.807) is 0 Å². The summed E-state index contributed by atoms with van der Waals surface area (Å²) in [6, 6.07) is 4.05. The van der Waals surface area contributed by atoms with Crippen molar-refractivity contribution in [3.8, 4) is 0 Å². The van der Waals surface area contributed by atoms with E-state index >= 15 is 0 Å². The number of pyridine rings is 1. The summed E-state index contributed by atoms with van der Waals surface area (Å²) in [5.74, 6) is 1.42. The summed E-state index contributed by atoms with van der Waals surface area (Å²) in [4.78, 5) is 7.15. The molecule has 1 aliphatic rings. The van der Waals surface area contributed by atoms with Crippen LogP contribution in [0.15, 0.2) is 12.1 Å². The molecule has 0 unspecified atom stereocenters. The minimum Gasteiger partial charge on any atom is -0.392 e. The van der Waals surface area contributed by atoms with Crippen LogP contribution in [0.1, 0.15) is 57.7 Å². The molecule has 2 heterocycles. The number of hydrogen-bond donors (Lipinski definition) is 1. The fourth-order valence-corrected chi connectivity index (χ4v) is 2.76. The summed E-state index contributed by atoms with van der Waals surface area (Å²) < 4.78 is 0. The van der Waals surface area contributed by atoms with E-state index in [4.69, 9.17) is 4.98 Å². The van der Waals surface area contributed by atoms with E-state index in [1.165, 1.54) is 12.8 Å². The Morgan fingerprint density at radius 3 is 2.68 bits per heavy atom. The largest absolute Gasteiger partial charge is 0.392 e. The average Bonchev–Trinajstić information content (AvgIpc) is 2.37. The highest BCUT2D eigenvalue weighted by atomic mass is 16.3. The minimum atomic E-state index is 0.0898. The molecule has 0 saturated carbocycles. The Morgan fingerprint density at radius 2 is 2.11 bits per heavy atom. The lowest BCUT2D eigenvalue weighted by Gasteiger charge is -2.39. The molecule has 19 heavy (non-hydrogen) atoms. The molecule has 0 bridgehead atoms. The maximum absolute atomic E-state index is 9.42. The van der Waals surface area contributed by atoms with Gasteiger partial charge in [0.25, 0.3) is 0 Å². The molecule has 0 radical (unpaired) electrons. The zero-order valence-electron chi connectivity index (χ0n) is 12.6. The van der Waals surface area contributed by atoms with Crippen molar-refractivity contribution < 1.29 is 5.11 Å². The third-order valence-electron chi connectivity index (χ3n) is 3.89. The van der Waals surface area contributed by atoms with Gasteiger partial charge < -0.3 is 10.0 Å². The summed E-state index contributed by atoms with van der Waals surface area (Å²) in [5, 5.41) is 9.42. The predicted molar refractivity (Wildman–Crippen MR) is 79.5 cm³/mol. The molecule has 2 rings (SSSR count). The van der Waals surface area contributed by atoms with Crippen LogP contribution in [-0.2, 0) is 6.61 Å². The first-order chi connectivity index (χ1) is 8.91. The molecular formula is C16H26N2O. The summed E-state index contributed by atoms with van der Waals surface area (Å²) in [5.41, 5.74) is 2.40. The van der Waals surface area contributed by atoms with E-state index in [0.717, 1.165) is 30.2 Å². The van der Waals surface area contributed by atoms with Crippen LogP contribution in [0, 0.1) is 5.41 Å². The van der Waals surface area contributed by atoms with Crippen LogP contribution in [0.3, 0.4) is 0 Å². The van der Waals surface area contributed by atoms with E-state index in [-0.39, 0.29) is 6.61 Å². The molecule has 0 spiro atoms. The fraction of sp³-hybridized carbons (Fsp3) is 0.688. The van der Waals surface area contributed by atoms with Gasteiger partial charge in [-0.3, -0.25) is 0 Å². The number of rotatable bonds is 3. The molecule has 0 atom stereocenters. The molecule has 3 heteroatoms. The molecule has 0 amide bonds. The van der Waals surface area contributed by atoms with Gasteiger partial charge >= 0.3 is 0 Å². The first-order valence-electron chi connectivity index (χ1n) is 7.28. The summed E-state index contributed by atoms with van der Waals surface area (Å²) >= 11 is 0. The number of nitrogens with zero attached hydrogens (tertiary/aromatic N) is 2. The Morgan fingerprint density at radius 1 is 1.37 bits per heavy atom. The van der Waals surface area contributed by atoms with Gasteiger partial charge in [0.15, 0.2) is 0 Å². The molecule has 1 N–H and O–H groups in total. The number of aromatic nitrogens is 1. The fourth-order valence-electron chi connectivity index (χ4n) is 2.76. The highest BCUT2D eigenvalue weighted by Gasteiger charge is 2.27. The van der Waals surface area contributed by atoms with Gasteiger partial charge in [0.05, 0.1) is 6.61 Å². The van der Waals surface area contributed by atoms with Gasteiger partial charge in [0, 0.05) is 18.8 Å². The Kier molecular flexibility index (Phi) is 4.14. The van der Waals surface area contributed by atoms with Gasteiger partial charge in [0.2, 0.25) is 0 Å². The zero-order valence-corrected chi connectivity index (χ0v) is 12.6. The Bertz CT molecular complexity index is 440. The molecule has 1 fully saturated rings. The normalized spacial score (nSPS) is 18.9. The average molecular weight is 262 g/mol. The molecule has 0 aromatic carbocycles. The van der Waals surface area contributed by atoms with E-state index in [9.17, 15) is 5.11 Å². The number of anilines is 1. The van der Waals surface area contributed by atoms with Crippen molar-refractivity contribution >= 4 is 5.82 Å². The van der Waals surface area contributed by atoms with Crippen molar-refractivity contribution in [2.24, 2.45) is 5.41 Å². The zero-order chi connectivity index (χ0) is 14.0. The maximum Gasteiger partial charge on any atom is 0.129 e. The van der Waals surface area contributed by atoms with Crippen LogP contribution >= 0.6 is 0 Å². The summed E-state index contributed by atoms with van der Waals surface area (Å²) in [6.45, 7) is 11.1.